The number of nitrogens with zero attached hydrogens (tertiary/aromatic N) is 2. The maximum Gasteiger partial charge on any atom is 0.143 e. The Labute approximate surface area is 177 Å². The zero-order valence-electron chi connectivity index (χ0n) is 17.5. The molecule has 2 N–H and O–H groups in total. The van der Waals surface area contributed by atoms with Gasteiger partial charge in [-0.1, -0.05) is 42.2 Å². The van der Waals surface area contributed by atoms with Gasteiger partial charge in [0.25, 0.3) is 0 Å². The summed E-state index contributed by atoms with van der Waals surface area (Å²) in [7, 11) is 0. The first-order chi connectivity index (χ1) is 14.4. The van der Waals surface area contributed by atoms with Crippen molar-refractivity contribution in [1.29, 1.82) is 0 Å². The minimum absolute atomic E-state index is 0.140. The fourth-order valence-electron chi connectivity index (χ4n) is 3.90. The standard InChI is InChI=1S/C25H26N2O3/c1-16-13-18(15-28)27-21-14-20-22(10-9-19(16)21)30-25(2,3)24(29)23(20)26-12-11-17-7-5-4-6-8-17/h4-8,12-14,22-24,28-29H,11,15H2,1-3H3/t22?,23-,24+/m0/s1. The van der Waals surface area contributed by atoms with Gasteiger partial charge < -0.3 is 14.9 Å². The largest absolute Gasteiger partial charge is 0.390 e. The SMILES string of the molecule is Cc1cc(CO)nc2c1C#CC1OC(C)(C)[C@H](O)[C@@H](N=CCc3ccccc3)C1=C2. The van der Waals surface area contributed by atoms with Crippen molar-refractivity contribution in [3.8, 4) is 11.8 Å². The smallest absolute Gasteiger partial charge is 0.143 e. The van der Waals surface area contributed by atoms with Gasteiger partial charge in [-0.05, 0) is 49.6 Å². The van der Waals surface area contributed by atoms with Crippen molar-refractivity contribution < 1.29 is 14.9 Å². The first-order valence-corrected chi connectivity index (χ1v) is 10.1. The van der Waals surface area contributed by atoms with Crippen molar-refractivity contribution in [2.75, 3.05) is 0 Å². The van der Waals surface area contributed by atoms with Gasteiger partial charge in [0.2, 0.25) is 0 Å². The molecule has 0 radical (unpaired) electrons. The third-order valence-electron chi connectivity index (χ3n) is 5.60. The monoisotopic (exact) mass is 402 g/mol. The number of ether oxygens (including phenoxy) is 1. The number of benzene rings is 1. The number of fused-ring (bicyclic) bond motifs is 2. The summed E-state index contributed by atoms with van der Waals surface area (Å²) < 4.78 is 6.15. The number of aliphatic imine (C=N–C) groups is 1. The molecule has 1 fully saturated rings. The number of aliphatic hydroxyl groups excluding tert-OH is 2. The van der Waals surface area contributed by atoms with Crippen molar-refractivity contribution >= 4 is 12.3 Å². The zero-order chi connectivity index (χ0) is 21.3. The van der Waals surface area contributed by atoms with Crippen LogP contribution in [-0.2, 0) is 17.8 Å². The molecular formula is C25H26N2O3. The number of aryl methyl sites for hydroxylation is 1. The molecule has 1 unspecified atom stereocenters. The lowest BCUT2D eigenvalue weighted by molar-refractivity contribution is -0.138. The van der Waals surface area contributed by atoms with E-state index in [0.29, 0.717) is 17.8 Å². The molecule has 2 heterocycles. The molecule has 0 saturated carbocycles. The molecule has 0 amide bonds. The normalized spacial score (nSPS) is 24.3. The minimum Gasteiger partial charge on any atom is -0.390 e. The number of aliphatic hydroxyl groups is 2. The fourth-order valence-corrected chi connectivity index (χ4v) is 3.90. The molecule has 154 valence electrons. The summed E-state index contributed by atoms with van der Waals surface area (Å²) in [5, 5.41) is 20.6. The molecule has 2 aromatic rings. The zero-order valence-corrected chi connectivity index (χ0v) is 17.5. The fraction of sp³-hybridized carbons (Fsp3) is 0.360. The third kappa shape index (κ3) is 3.95. The van der Waals surface area contributed by atoms with Gasteiger partial charge >= 0.3 is 0 Å². The second-order valence-corrected chi connectivity index (χ2v) is 8.27. The van der Waals surface area contributed by atoms with Crippen molar-refractivity contribution in [3.05, 3.63) is 70.0 Å². The highest BCUT2D eigenvalue weighted by atomic mass is 16.5. The first-order valence-electron chi connectivity index (χ1n) is 10.1. The van der Waals surface area contributed by atoms with Crippen LogP contribution in [0.5, 0.6) is 0 Å². The van der Waals surface area contributed by atoms with Crippen molar-refractivity contribution in [2.24, 2.45) is 4.99 Å². The second-order valence-electron chi connectivity index (χ2n) is 8.27. The van der Waals surface area contributed by atoms with E-state index in [1.807, 2.05) is 57.3 Å². The van der Waals surface area contributed by atoms with Crippen LogP contribution in [0.15, 0.2) is 47.0 Å². The lowest BCUT2D eigenvalue weighted by atomic mass is 9.84. The molecule has 30 heavy (non-hydrogen) atoms. The average Bonchev–Trinajstić information content (AvgIpc) is 2.90. The summed E-state index contributed by atoms with van der Waals surface area (Å²) in [5.41, 5.74) is 4.20. The van der Waals surface area contributed by atoms with E-state index in [4.69, 9.17) is 9.73 Å². The topological polar surface area (TPSA) is 74.9 Å². The lowest BCUT2D eigenvalue weighted by Gasteiger charge is -2.43. The Hall–Kier alpha value is -2.78. The van der Waals surface area contributed by atoms with Gasteiger partial charge in [-0.15, -0.1) is 0 Å². The molecule has 0 spiro atoms. The summed E-state index contributed by atoms with van der Waals surface area (Å²) in [6, 6.07) is 11.4. The third-order valence-corrected chi connectivity index (χ3v) is 5.60. The molecule has 5 nitrogen and oxygen atoms in total. The predicted octanol–water partition coefficient (Wildman–Crippen LogP) is 2.85. The van der Waals surface area contributed by atoms with Gasteiger partial charge in [-0.2, -0.15) is 0 Å². The highest BCUT2D eigenvalue weighted by Gasteiger charge is 2.46. The summed E-state index contributed by atoms with van der Waals surface area (Å²) in [4.78, 5) is 9.30. The molecule has 4 rings (SSSR count). The van der Waals surface area contributed by atoms with Gasteiger partial charge in [-0.25, -0.2) is 4.98 Å². The van der Waals surface area contributed by atoms with Gasteiger partial charge in [0.15, 0.2) is 0 Å². The molecular weight excluding hydrogens is 376 g/mol. The lowest BCUT2D eigenvalue weighted by Crippen LogP contribution is -2.55. The number of hydrogen-bond donors (Lipinski definition) is 2. The summed E-state index contributed by atoms with van der Waals surface area (Å²) >= 11 is 0. The average molecular weight is 402 g/mol. The summed E-state index contributed by atoms with van der Waals surface area (Å²) in [6.45, 7) is 5.54. The van der Waals surface area contributed by atoms with Crippen molar-refractivity contribution in [3.63, 3.8) is 0 Å². The molecule has 2 aliphatic rings. The molecule has 5 heteroatoms. The maximum atomic E-state index is 11.0. The van der Waals surface area contributed by atoms with Gasteiger partial charge in [0, 0.05) is 12.6 Å². The van der Waals surface area contributed by atoms with Crippen LogP contribution in [0.25, 0.3) is 6.08 Å². The van der Waals surface area contributed by atoms with Crippen LogP contribution >= 0.6 is 0 Å². The van der Waals surface area contributed by atoms with E-state index in [9.17, 15) is 10.2 Å². The molecule has 3 atom stereocenters. The van der Waals surface area contributed by atoms with Crippen LogP contribution in [0.2, 0.25) is 0 Å². The predicted molar refractivity (Wildman–Crippen MR) is 117 cm³/mol. The van der Waals surface area contributed by atoms with Crippen LogP contribution < -0.4 is 0 Å². The first kappa shape index (κ1) is 20.5. The van der Waals surface area contributed by atoms with E-state index in [1.54, 1.807) is 0 Å². The molecule has 1 aliphatic carbocycles. The number of aromatic nitrogens is 1. The Morgan fingerprint density at radius 3 is 2.77 bits per heavy atom. The molecule has 1 aliphatic heterocycles. The molecule has 1 aromatic heterocycles. The van der Waals surface area contributed by atoms with Gasteiger partial charge in [0.05, 0.1) is 29.2 Å². The van der Waals surface area contributed by atoms with Crippen molar-refractivity contribution in [2.45, 2.75) is 57.6 Å². The van der Waals surface area contributed by atoms with Gasteiger partial charge in [0.1, 0.15) is 18.2 Å². The molecule has 0 bridgehead atoms. The van der Waals surface area contributed by atoms with E-state index in [2.05, 4.69) is 29.0 Å². The van der Waals surface area contributed by atoms with E-state index < -0.39 is 23.9 Å². The Morgan fingerprint density at radius 2 is 2.03 bits per heavy atom. The van der Waals surface area contributed by atoms with E-state index in [1.165, 1.54) is 0 Å². The van der Waals surface area contributed by atoms with Crippen LogP contribution in [0.3, 0.4) is 0 Å². The van der Waals surface area contributed by atoms with Crippen LogP contribution in [0.4, 0.5) is 0 Å². The Morgan fingerprint density at radius 1 is 1.27 bits per heavy atom. The Balaban J connectivity index is 1.74. The van der Waals surface area contributed by atoms with Crippen molar-refractivity contribution in [1.82, 2.24) is 4.98 Å². The highest BCUT2D eigenvalue weighted by molar-refractivity contribution is 5.68. The van der Waals surface area contributed by atoms with E-state index in [0.717, 1.165) is 22.3 Å². The summed E-state index contributed by atoms with van der Waals surface area (Å²) in [5.74, 6) is 6.40. The number of pyridine rings is 1. The highest BCUT2D eigenvalue weighted by Crippen LogP contribution is 2.36. The quantitative estimate of drug-likeness (QED) is 0.609. The Kier molecular flexibility index (Phi) is 5.57. The number of hydrogen-bond acceptors (Lipinski definition) is 5. The second kappa shape index (κ2) is 8.16. The molecule has 1 saturated heterocycles. The van der Waals surface area contributed by atoms with E-state index in [-0.39, 0.29) is 6.61 Å². The minimum atomic E-state index is -0.822. The summed E-state index contributed by atoms with van der Waals surface area (Å²) in [6.07, 6.45) is 3.13. The van der Waals surface area contributed by atoms with Crippen LogP contribution in [0.1, 0.15) is 41.9 Å². The maximum absolute atomic E-state index is 11.0. The molecule has 1 aromatic carbocycles. The Bertz CT molecular complexity index is 1060. The van der Waals surface area contributed by atoms with Gasteiger partial charge in [-0.3, -0.25) is 4.99 Å². The van der Waals surface area contributed by atoms with E-state index >= 15 is 0 Å². The van der Waals surface area contributed by atoms with Crippen LogP contribution in [-0.4, -0.2) is 45.3 Å². The number of rotatable bonds is 4. The van der Waals surface area contributed by atoms with Crippen LogP contribution in [0, 0.1) is 18.8 Å².